The zero-order chi connectivity index (χ0) is 8.12. The Hall–Kier alpha value is 1.79. The summed E-state index contributed by atoms with van der Waals surface area (Å²) in [6.07, 6.45) is 0. The molecule has 0 aromatic rings. The van der Waals surface area contributed by atoms with Crippen LogP contribution in [0.15, 0.2) is 0 Å². The topological polar surface area (TPSA) is 120 Å². The molecule has 0 aromatic carbocycles. The molecule has 0 aliphatic rings. The van der Waals surface area contributed by atoms with Crippen molar-refractivity contribution in [3.8, 4) is 0 Å². The van der Waals surface area contributed by atoms with Crippen LogP contribution in [0.4, 0.5) is 0 Å². The molecule has 0 aliphatic carbocycles. The molecule has 6 nitrogen and oxygen atoms in total. The van der Waals surface area contributed by atoms with Crippen LogP contribution in [0.3, 0.4) is 0 Å². The van der Waals surface area contributed by atoms with E-state index in [0.717, 1.165) is 0 Å². The molecule has 54 valence electrons. The van der Waals surface area contributed by atoms with Gasteiger partial charge in [-0.15, -0.1) is 0 Å². The Morgan fingerprint density at radius 3 is 0.700 bits per heavy atom. The van der Waals surface area contributed by atoms with Gasteiger partial charge in [0.25, 0.3) is 0 Å². The van der Waals surface area contributed by atoms with Gasteiger partial charge in [0.2, 0.25) is 0 Å². The van der Waals surface area contributed by atoms with Crippen LogP contribution in [-0.2, 0) is 11.3 Å². The van der Waals surface area contributed by atoms with Gasteiger partial charge >= 0.3 is 112 Å². The van der Waals surface area contributed by atoms with E-state index >= 15 is 0 Å². The second-order valence-corrected chi connectivity index (χ2v) is 1.50. The maximum absolute atomic E-state index is 8.53. The summed E-state index contributed by atoms with van der Waals surface area (Å²) in [5.41, 5.74) is 0. The van der Waals surface area contributed by atoms with Gasteiger partial charge in [-0.05, 0) is 0 Å². The van der Waals surface area contributed by atoms with Crippen LogP contribution in [0, 0.1) is 41.3 Å². The average molecular weight is 458 g/mol. The van der Waals surface area contributed by atoms with E-state index in [2.05, 4.69) is 0 Å². The first-order chi connectivity index (χ1) is 4.24. The van der Waals surface area contributed by atoms with Crippen LogP contribution in [-0.4, -0.2) is 47.1 Å². The minimum Gasteiger partial charge on any atom is 3.00 e. The van der Waals surface area contributed by atoms with E-state index in [4.69, 9.17) is 23.7 Å². The van der Waals surface area contributed by atoms with E-state index in [9.17, 15) is 0 Å². The van der Waals surface area contributed by atoms with Gasteiger partial charge in [-0.3, -0.25) is 0 Å². The Balaban J connectivity index is -0.0000000257. The van der Waals surface area contributed by atoms with E-state index in [1.807, 2.05) is 0 Å². The van der Waals surface area contributed by atoms with E-state index in [0.29, 0.717) is 0 Å². The number of hydrogen-bond acceptors (Lipinski definition) is 6. The van der Waals surface area contributed by atoms with Crippen molar-refractivity contribution in [2.45, 2.75) is 0 Å². The predicted molar refractivity (Wildman–Crippen MR) is 23.5 cm³/mol. The largest absolute Gasteiger partial charge is 3.00 e. The normalized spacial score (nSPS) is 3.60. The smallest absolute Gasteiger partial charge is 3.00 e. The second kappa shape index (κ2) is 45.1. The molecule has 0 rings (SSSR count). The SMILES string of the molecule is [O]=[GeH][O-].[O]=[GeH][O-].[O]=[GeH][O-].[Pr+3]. The predicted octanol–water partition coefficient (Wildman–Crippen LogP) is -5.87. The summed E-state index contributed by atoms with van der Waals surface area (Å²) in [6, 6.07) is 0. The Kier molecular flexibility index (Phi) is 102. The Morgan fingerprint density at radius 1 is 0.700 bits per heavy atom. The van der Waals surface area contributed by atoms with Crippen molar-refractivity contribution < 1.29 is 65.0 Å². The van der Waals surface area contributed by atoms with Crippen molar-refractivity contribution in [3.63, 3.8) is 0 Å². The summed E-state index contributed by atoms with van der Waals surface area (Å²) in [6.45, 7) is 0. The fourth-order valence-corrected chi connectivity index (χ4v) is 0. The Bertz CT molecular complexity index is 49.7. The van der Waals surface area contributed by atoms with Crippen LogP contribution in [0.25, 0.3) is 0 Å². The molecule has 0 atom stereocenters. The summed E-state index contributed by atoms with van der Waals surface area (Å²) >= 11 is -6.56. The van der Waals surface area contributed by atoms with Gasteiger partial charge in [0.1, 0.15) is 0 Å². The molecule has 0 heterocycles. The zero-order valence-electron chi connectivity index (χ0n) is 4.76. The van der Waals surface area contributed by atoms with Crippen molar-refractivity contribution in [3.05, 3.63) is 0 Å². The molecule has 0 radical (unpaired) electrons. The van der Waals surface area contributed by atoms with Gasteiger partial charge in [0, 0.05) is 0 Å². The summed E-state index contributed by atoms with van der Waals surface area (Å²) in [4.78, 5) is 0. The Morgan fingerprint density at radius 2 is 0.700 bits per heavy atom. The summed E-state index contributed by atoms with van der Waals surface area (Å²) in [5.74, 6) is 0. The molecule has 0 bridgehead atoms. The number of hydrogen-bond donors (Lipinski definition) is 0. The van der Waals surface area contributed by atoms with Crippen LogP contribution < -0.4 is 12.4 Å². The molecule has 0 spiro atoms. The van der Waals surface area contributed by atoms with Crippen molar-refractivity contribution in [2.75, 3.05) is 0 Å². The minimum absolute atomic E-state index is 0. The third-order valence-electron chi connectivity index (χ3n) is 0. The van der Waals surface area contributed by atoms with Crippen LogP contribution in [0.5, 0.6) is 0 Å². The maximum atomic E-state index is 8.53. The van der Waals surface area contributed by atoms with Crippen molar-refractivity contribution in [2.24, 2.45) is 0 Å². The van der Waals surface area contributed by atoms with Crippen molar-refractivity contribution in [1.82, 2.24) is 0 Å². The summed E-state index contributed by atoms with van der Waals surface area (Å²) in [7, 11) is 0. The maximum Gasteiger partial charge on any atom is 3.00 e. The van der Waals surface area contributed by atoms with Gasteiger partial charge in [0.15, 0.2) is 0 Å². The number of rotatable bonds is 0. The molecule has 0 N–H and O–H groups in total. The fraction of sp³-hybridized carbons (Fsp3) is 0. The summed E-state index contributed by atoms with van der Waals surface area (Å²) in [5, 5.41) is 0. The average Bonchev–Trinajstić information content (AvgIpc) is 1.70. The zero-order valence-corrected chi connectivity index (χ0v) is 15.7. The first kappa shape index (κ1) is 22.6. The molecule has 0 fully saturated rings. The standard InChI is InChI=1S/3GeHO2.Pr/c3*2-1-3;/h3*1H;/q3*-1;+3. The molecular formula is H3Ge3O6Pr. The molecule has 10 heavy (non-hydrogen) atoms. The van der Waals surface area contributed by atoms with Gasteiger partial charge in [-0.1, -0.05) is 0 Å². The first-order valence-corrected chi connectivity index (χ1v) is 7.35. The van der Waals surface area contributed by atoms with E-state index in [-0.39, 0.29) is 41.3 Å². The molecule has 0 saturated heterocycles. The third-order valence-corrected chi connectivity index (χ3v) is 0. The van der Waals surface area contributed by atoms with Crippen LogP contribution in [0.1, 0.15) is 0 Å². The van der Waals surface area contributed by atoms with Gasteiger partial charge in [0.05, 0.1) is 0 Å². The van der Waals surface area contributed by atoms with Gasteiger partial charge < -0.3 is 0 Å². The fourth-order valence-electron chi connectivity index (χ4n) is 0. The van der Waals surface area contributed by atoms with Gasteiger partial charge in [-0.25, -0.2) is 0 Å². The van der Waals surface area contributed by atoms with Crippen LogP contribution in [0.2, 0.25) is 0 Å². The van der Waals surface area contributed by atoms with Gasteiger partial charge in [-0.2, -0.15) is 0 Å². The second-order valence-electron chi connectivity index (χ2n) is 0.289. The van der Waals surface area contributed by atoms with Crippen LogP contribution >= 0.6 is 0 Å². The van der Waals surface area contributed by atoms with Crippen molar-refractivity contribution >= 4 is 47.1 Å². The first-order valence-electron chi connectivity index (χ1n) is 1.41. The minimum atomic E-state index is -2.19. The van der Waals surface area contributed by atoms with E-state index in [1.165, 1.54) is 0 Å². The summed E-state index contributed by atoms with van der Waals surface area (Å²) < 4.78 is 51.2. The molecule has 0 amide bonds. The molecule has 0 saturated carbocycles. The monoisotopic (exact) mass is 462 g/mol. The van der Waals surface area contributed by atoms with Crippen molar-refractivity contribution in [1.29, 1.82) is 0 Å². The quantitative estimate of drug-likeness (QED) is 0.334. The molecule has 0 unspecified atom stereocenters. The molecule has 10 heteroatoms. The third kappa shape index (κ3) is 236. The Labute approximate surface area is 110 Å². The molecule has 0 aromatic heterocycles. The molecule has 0 aliphatic heterocycles. The van der Waals surface area contributed by atoms with E-state index in [1.54, 1.807) is 0 Å². The molecular weight excluding hydrogens is 455 g/mol. The van der Waals surface area contributed by atoms with E-state index < -0.39 is 47.1 Å².